The van der Waals surface area contributed by atoms with Crippen LogP contribution >= 0.6 is 0 Å². The third-order valence-corrected chi connectivity index (χ3v) is 6.46. The molecule has 2 aromatic rings. The maximum absolute atomic E-state index is 13.2. The number of likely N-dealkylation sites (N-methyl/N-ethyl adjacent to an activating group) is 1. The first-order valence-electron chi connectivity index (χ1n) is 9.88. The van der Waals surface area contributed by atoms with Crippen LogP contribution in [0.2, 0.25) is 0 Å². The second-order valence-electron chi connectivity index (χ2n) is 7.87. The maximum atomic E-state index is 13.2. The molecule has 2 amide bonds. The van der Waals surface area contributed by atoms with Crippen molar-refractivity contribution >= 4 is 22.7 Å². The highest BCUT2D eigenvalue weighted by Crippen LogP contribution is 2.31. The Morgan fingerprint density at radius 1 is 1.14 bits per heavy atom. The van der Waals surface area contributed by atoms with Gasteiger partial charge in [-0.05, 0) is 44.5 Å². The van der Waals surface area contributed by atoms with Gasteiger partial charge in [0.1, 0.15) is 17.0 Å². The average Bonchev–Trinajstić information content (AvgIpc) is 2.99. The highest BCUT2D eigenvalue weighted by atomic mass is 16.5. The Kier molecular flexibility index (Phi) is 4.79. The molecule has 0 saturated carbocycles. The number of carbonyl (C=O) groups excluding carboxylic acids is 2. The molecule has 1 aromatic heterocycles. The van der Waals surface area contributed by atoms with Gasteiger partial charge in [-0.15, -0.1) is 0 Å². The highest BCUT2D eigenvalue weighted by molar-refractivity contribution is 5.99. The normalized spacial score (nSPS) is 20.2. The van der Waals surface area contributed by atoms with Crippen molar-refractivity contribution in [1.29, 1.82) is 0 Å². The van der Waals surface area contributed by atoms with E-state index in [0.717, 1.165) is 36.2 Å². The fraction of sp³-hybridized carbons (Fsp3) is 0.524. The molecule has 150 valence electrons. The number of rotatable bonds is 2. The molecule has 1 spiro atoms. The standard InChI is InChI=1S/C21H28N4O3/c1-23-10-4-9-22-20(27)21(23)7-11-25(12-8-21)19(26)18-13-15-5-6-16(28-3)14-17(15)24(18)2/h5-6,13-14H,4,7-12H2,1-3H3,(H,22,27). The molecule has 2 saturated heterocycles. The van der Waals surface area contributed by atoms with Crippen LogP contribution in [-0.4, -0.2) is 72.1 Å². The number of nitrogens with zero attached hydrogens (tertiary/aromatic N) is 3. The minimum atomic E-state index is -0.487. The second kappa shape index (κ2) is 7.13. The van der Waals surface area contributed by atoms with E-state index in [9.17, 15) is 9.59 Å². The van der Waals surface area contributed by atoms with E-state index in [1.165, 1.54) is 0 Å². The summed E-state index contributed by atoms with van der Waals surface area (Å²) in [5, 5.41) is 4.07. The summed E-state index contributed by atoms with van der Waals surface area (Å²) in [6.07, 6.45) is 2.30. The predicted octanol–water partition coefficient (Wildman–Crippen LogP) is 1.61. The summed E-state index contributed by atoms with van der Waals surface area (Å²) < 4.78 is 7.23. The van der Waals surface area contributed by atoms with E-state index in [1.54, 1.807) is 7.11 Å². The average molecular weight is 384 g/mol. The monoisotopic (exact) mass is 384 g/mol. The number of amides is 2. The zero-order chi connectivity index (χ0) is 19.9. The molecule has 0 unspecified atom stereocenters. The van der Waals surface area contributed by atoms with Gasteiger partial charge in [-0.3, -0.25) is 14.5 Å². The van der Waals surface area contributed by atoms with Gasteiger partial charge in [0.05, 0.1) is 12.6 Å². The summed E-state index contributed by atoms with van der Waals surface area (Å²) in [5.74, 6) is 0.899. The molecule has 3 heterocycles. The summed E-state index contributed by atoms with van der Waals surface area (Å²) >= 11 is 0. The van der Waals surface area contributed by atoms with Crippen molar-refractivity contribution in [1.82, 2.24) is 19.7 Å². The molecule has 1 aromatic carbocycles. The number of piperidine rings is 1. The van der Waals surface area contributed by atoms with Crippen LogP contribution in [0.15, 0.2) is 24.3 Å². The lowest BCUT2D eigenvalue weighted by atomic mass is 9.85. The van der Waals surface area contributed by atoms with Crippen LogP contribution in [0.25, 0.3) is 10.9 Å². The third-order valence-electron chi connectivity index (χ3n) is 6.46. The van der Waals surface area contributed by atoms with Gasteiger partial charge in [0, 0.05) is 44.7 Å². The van der Waals surface area contributed by atoms with Crippen LogP contribution in [0, 0.1) is 0 Å². The van der Waals surface area contributed by atoms with Gasteiger partial charge < -0.3 is 19.5 Å². The third kappa shape index (κ3) is 2.94. The summed E-state index contributed by atoms with van der Waals surface area (Å²) in [6.45, 7) is 2.80. The summed E-state index contributed by atoms with van der Waals surface area (Å²) in [7, 11) is 5.58. The van der Waals surface area contributed by atoms with Crippen molar-refractivity contribution in [3.8, 4) is 5.75 Å². The van der Waals surface area contributed by atoms with Gasteiger partial charge in [0.25, 0.3) is 5.91 Å². The number of benzene rings is 1. The Bertz CT molecular complexity index is 912. The van der Waals surface area contributed by atoms with Gasteiger partial charge in [0.15, 0.2) is 0 Å². The fourth-order valence-electron chi connectivity index (χ4n) is 4.56. The molecule has 7 heteroatoms. The highest BCUT2D eigenvalue weighted by Gasteiger charge is 2.46. The smallest absolute Gasteiger partial charge is 0.270 e. The number of carbonyl (C=O) groups is 2. The Hall–Kier alpha value is -2.54. The fourth-order valence-corrected chi connectivity index (χ4v) is 4.56. The number of ether oxygens (including phenoxy) is 1. The number of hydrogen-bond acceptors (Lipinski definition) is 4. The van der Waals surface area contributed by atoms with Crippen molar-refractivity contribution < 1.29 is 14.3 Å². The zero-order valence-corrected chi connectivity index (χ0v) is 16.8. The SMILES string of the molecule is COc1ccc2cc(C(=O)N3CCC4(CC3)C(=O)NCCCN4C)n(C)c2c1. The quantitative estimate of drug-likeness (QED) is 0.854. The molecule has 2 aliphatic rings. The van der Waals surface area contributed by atoms with Gasteiger partial charge in [0.2, 0.25) is 5.91 Å². The first-order chi connectivity index (χ1) is 13.5. The zero-order valence-electron chi connectivity index (χ0n) is 16.8. The van der Waals surface area contributed by atoms with Crippen LogP contribution in [0.4, 0.5) is 0 Å². The summed E-state index contributed by atoms with van der Waals surface area (Å²) in [4.78, 5) is 30.0. The minimum absolute atomic E-state index is 0.0178. The van der Waals surface area contributed by atoms with Gasteiger partial charge in [-0.2, -0.15) is 0 Å². The molecule has 1 N–H and O–H groups in total. The van der Waals surface area contributed by atoms with Crippen LogP contribution in [0.5, 0.6) is 5.75 Å². The van der Waals surface area contributed by atoms with Crippen molar-refractivity contribution in [3.05, 3.63) is 30.0 Å². The first kappa shape index (κ1) is 18.8. The van der Waals surface area contributed by atoms with Gasteiger partial charge >= 0.3 is 0 Å². The number of fused-ring (bicyclic) bond motifs is 1. The lowest BCUT2D eigenvalue weighted by molar-refractivity contribution is -0.134. The molecule has 2 fully saturated rings. The van der Waals surface area contributed by atoms with Crippen molar-refractivity contribution in [2.75, 3.05) is 40.3 Å². The molecule has 0 bridgehead atoms. The van der Waals surface area contributed by atoms with Crippen molar-refractivity contribution in [2.45, 2.75) is 24.8 Å². The molecule has 0 radical (unpaired) electrons. The molecule has 0 atom stereocenters. The first-order valence-corrected chi connectivity index (χ1v) is 9.88. The minimum Gasteiger partial charge on any atom is -0.497 e. The van der Waals surface area contributed by atoms with E-state index in [0.29, 0.717) is 31.6 Å². The van der Waals surface area contributed by atoms with E-state index >= 15 is 0 Å². The van der Waals surface area contributed by atoms with Crippen LogP contribution < -0.4 is 10.1 Å². The van der Waals surface area contributed by atoms with E-state index in [1.807, 2.05) is 47.8 Å². The van der Waals surface area contributed by atoms with E-state index < -0.39 is 5.54 Å². The van der Waals surface area contributed by atoms with Crippen LogP contribution in [0.3, 0.4) is 0 Å². The lowest BCUT2D eigenvalue weighted by Crippen LogP contribution is -2.61. The Morgan fingerprint density at radius 3 is 2.61 bits per heavy atom. The van der Waals surface area contributed by atoms with E-state index in [-0.39, 0.29) is 11.8 Å². The Labute approximate surface area is 165 Å². The molecular formula is C21H28N4O3. The summed E-state index contributed by atoms with van der Waals surface area (Å²) in [6, 6.07) is 7.76. The summed E-state index contributed by atoms with van der Waals surface area (Å²) in [5.41, 5.74) is 1.15. The maximum Gasteiger partial charge on any atom is 0.270 e. The number of nitrogens with one attached hydrogen (secondary N) is 1. The van der Waals surface area contributed by atoms with E-state index in [4.69, 9.17) is 4.74 Å². The molecule has 7 nitrogen and oxygen atoms in total. The van der Waals surface area contributed by atoms with Gasteiger partial charge in [-0.25, -0.2) is 0 Å². The van der Waals surface area contributed by atoms with Gasteiger partial charge in [-0.1, -0.05) is 0 Å². The topological polar surface area (TPSA) is 66.8 Å². The molecule has 28 heavy (non-hydrogen) atoms. The van der Waals surface area contributed by atoms with Crippen molar-refractivity contribution in [3.63, 3.8) is 0 Å². The van der Waals surface area contributed by atoms with Crippen LogP contribution in [0.1, 0.15) is 29.8 Å². The molecular weight excluding hydrogens is 356 g/mol. The number of aromatic nitrogens is 1. The van der Waals surface area contributed by atoms with Crippen molar-refractivity contribution in [2.24, 2.45) is 7.05 Å². The number of likely N-dealkylation sites (tertiary alicyclic amines) is 1. The largest absolute Gasteiger partial charge is 0.497 e. The molecule has 0 aliphatic carbocycles. The van der Waals surface area contributed by atoms with Crippen LogP contribution in [-0.2, 0) is 11.8 Å². The van der Waals surface area contributed by atoms with E-state index in [2.05, 4.69) is 10.2 Å². The number of methoxy groups -OCH3 is 1. The Morgan fingerprint density at radius 2 is 1.89 bits per heavy atom. The Balaban J connectivity index is 1.55. The molecule has 2 aliphatic heterocycles. The predicted molar refractivity (Wildman–Crippen MR) is 108 cm³/mol. The molecule has 4 rings (SSSR count). The number of aryl methyl sites for hydroxylation is 1. The number of hydrogen-bond donors (Lipinski definition) is 1. The second-order valence-corrected chi connectivity index (χ2v) is 7.87. The lowest BCUT2D eigenvalue weighted by Gasteiger charge is -2.44.